The van der Waals surface area contributed by atoms with Crippen LogP contribution >= 0.6 is 11.3 Å². The highest BCUT2D eigenvalue weighted by Gasteiger charge is 2.48. The van der Waals surface area contributed by atoms with Crippen molar-refractivity contribution in [2.75, 3.05) is 39.4 Å². The van der Waals surface area contributed by atoms with E-state index in [4.69, 9.17) is 4.74 Å². The summed E-state index contributed by atoms with van der Waals surface area (Å²) >= 11 is 1.78. The second kappa shape index (κ2) is 7.37. The van der Waals surface area contributed by atoms with Crippen molar-refractivity contribution >= 4 is 17.2 Å². The molecule has 1 atom stereocenters. The van der Waals surface area contributed by atoms with E-state index in [0.29, 0.717) is 5.92 Å². The summed E-state index contributed by atoms with van der Waals surface area (Å²) in [6.45, 7) is 8.66. The molecule has 1 spiro atoms. The summed E-state index contributed by atoms with van der Waals surface area (Å²) in [4.78, 5) is 16.6. The molecule has 0 N–H and O–H groups in total. The van der Waals surface area contributed by atoms with E-state index < -0.39 is 0 Å². The Labute approximate surface area is 155 Å². The third-order valence-electron chi connectivity index (χ3n) is 6.47. The molecule has 138 valence electrons. The summed E-state index contributed by atoms with van der Waals surface area (Å²) in [5.74, 6) is 1.55. The molecule has 5 heteroatoms. The fraction of sp³-hybridized carbons (Fsp3) is 0.750. The van der Waals surface area contributed by atoms with E-state index in [1.165, 1.54) is 31.2 Å². The standard InChI is InChI=1S/C20H30N2O2S/c1-16(23)22-11-19(13-24-12-17-2-3-17)20(15-22)5-7-21(8-6-20)10-18-4-9-25-14-18/h4,9,14,17,19H,2-3,5-8,10-13,15H2,1H3/t19-/m0/s1. The van der Waals surface area contributed by atoms with Crippen molar-refractivity contribution < 1.29 is 9.53 Å². The van der Waals surface area contributed by atoms with Crippen LogP contribution in [0.25, 0.3) is 0 Å². The molecule has 2 aliphatic heterocycles. The molecule has 4 nitrogen and oxygen atoms in total. The quantitative estimate of drug-likeness (QED) is 0.779. The molecule has 0 aromatic carbocycles. The molecule has 2 saturated heterocycles. The number of thiophene rings is 1. The minimum absolute atomic E-state index is 0.227. The highest BCUT2D eigenvalue weighted by Crippen LogP contribution is 2.45. The van der Waals surface area contributed by atoms with E-state index in [1.54, 1.807) is 18.3 Å². The maximum absolute atomic E-state index is 12.0. The van der Waals surface area contributed by atoms with Crippen LogP contribution in [-0.4, -0.2) is 55.1 Å². The van der Waals surface area contributed by atoms with E-state index in [0.717, 1.165) is 51.9 Å². The van der Waals surface area contributed by atoms with Crippen LogP contribution in [0.3, 0.4) is 0 Å². The Kier molecular flexibility index (Phi) is 5.16. The summed E-state index contributed by atoms with van der Waals surface area (Å²) in [6.07, 6.45) is 5.07. The second-order valence-electron chi connectivity index (χ2n) is 8.35. The average molecular weight is 363 g/mol. The zero-order valence-electron chi connectivity index (χ0n) is 15.3. The maximum Gasteiger partial charge on any atom is 0.219 e. The number of carbonyl (C=O) groups is 1. The molecule has 1 saturated carbocycles. The van der Waals surface area contributed by atoms with E-state index in [1.807, 2.05) is 0 Å². The van der Waals surface area contributed by atoms with Gasteiger partial charge in [0.25, 0.3) is 0 Å². The first kappa shape index (κ1) is 17.5. The number of rotatable bonds is 6. The van der Waals surface area contributed by atoms with Crippen molar-refractivity contribution in [1.82, 2.24) is 9.80 Å². The lowest BCUT2D eigenvalue weighted by Crippen LogP contribution is -2.45. The summed E-state index contributed by atoms with van der Waals surface area (Å²) in [7, 11) is 0. The molecule has 3 heterocycles. The molecule has 4 rings (SSSR count). The topological polar surface area (TPSA) is 32.8 Å². The minimum atomic E-state index is 0.227. The van der Waals surface area contributed by atoms with Crippen LogP contribution in [0, 0.1) is 17.3 Å². The van der Waals surface area contributed by atoms with Crippen LogP contribution in [-0.2, 0) is 16.1 Å². The number of carbonyl (C=O) groups excluding carboxylic acids is 1. The Bertz CT molecular complexity index is 577. The predicted molar refractivity (Wildman–Crippen MR) is 101 cm³/mol. The van der Waals surface area contributed by atoms with E-state index in [9.17, 15) is 4.79 Å². The van der Waals surface area contributed by atoms with Gasteiger partial charge in [0, 0.05) is 39.1 Å². The number of amides is 1. The summed E-state index contributed by atoms with van der Waals surface area (Å²) < 4.78 is 6.06. The molecule has 0 unspecified atom stereocenters. The van der Waals surface area contributed by atoms with Gasteiger partial charge in [0.1, 0.15) is 0 Å². The van der Waals surface area contributed by atoms with Gasteiger partial charge in [-0.25, -0.2) is 0 Å². The normalized spacial score (nSPS) is 26.4. The van der Waals surface area contributed by atoms with Crippen molar-refractivity contribution in [3.8, 4) is 0 Å². The maximum atomic E-state index is 12.0. The molecule has 1 aromatic rings. The first-order valence-corrected chi connectivity index (χ1v) is 10.7. The predicted octanol–water partition coefficient (Wildman–Crippen LogP) is 3.24. The molecule has 3 aliphatic rings. The van der Waals surface area contributed by atoms with Crippen LogP contribution in [0.5, 0.6) is 0 Å². The van der Waals surface area contributed by atoms with Crippen LogP contribution < -0.4 is 0 Å². The van der Waals surface area contributed by atoms with Crippen LogP contribution in [0.15, 0.2) is 16.8 Å². The van der Waals surface area contributed by atoms with Crippen molar-refractivity contribution in [2.45, 2.75) is 39.2 Å². The van der Waals surface area contributed by atoms with Gasteiger partial charge in [-0.2, -0.15) is 11.3 Å². The van der Waals surface area contributed by atoms with Gasteiger partial charge in [-0.1, -0.05) is 0 Å². The lowest BCUT2D eigenvalue weighted by atomic mass is 9.71. The molecule has 3 fully saturated rings. The third kappa shape index (κ3) is 4.09. The van der Waals surface area contributed by atoms with Crippen molar-refractivity contribution in [3.63, 3.8) is 0 Å². The Morgan fingerprint density at radius 1 is 1.32 bits per heavy atom. The fourth-order valence-corrected chi connectivity index (χ4v) is 5.19. The number of piperidine rings is 1. The molecule has 0 bridgehead atoms. The SMILES string of the molecule is CC(=O)N1C[C@@H](COCC2CC2)C2(CCN(Cc3ccsc3)CC2)C1. The Morgan fingerprint density at radius 3 is 2.76 bits per heavy atom. The molecular formula is C20H30N2O2S. The van der Waals surface area contributed by atoms with Gasteiger partial charge >= 0.3 is 0 Å². The summed E-state index contributed by atoms with van der Waals surface area (Å²) in [6, 6.07) is 2.23. The van der Waals surface area contributed by atoms with Crippen LogP contribution in [0.1, 0.15) is 38.2 Å². The number of ether oxygens (including phenoxy) is 1. The van der Waals surface area contributed by atoms with Gasteiger partial charge in [0.15, 0.2) is 0 Å². The van der Waals surface area contributed by atoms with Gasteiger partial charge in [-0.05, 0) is 72.5 Å². The van der Waals surface area contributed by atoms with Crippen molar-refractivity contribution in [3.05, 3.63) is 22.4 Å². The lowest BCUT2D eigenvalue weighted by molar-refractivity contribution is -0.128. The third-order valence-corrected chi connectivity index (χ3v) is 7.20. The molecule has 1 aromatic heterocycles. The second-order valence-corrected chi connectivity index (χ2v) is 9.13. The first-order chi connectivity index (χ1) is 12.1. The zero-order chi connectivity index (χ0) is 17.3. The summed E-state index contributed by atoms with van der Waals surface area (Å²) in [5, 5.41) is 4.42. The van der Waals surface area contributed by atoms with E-state index in [2.05, 4.69) is 26.6 Å². The number of nitrogens with zero attached hydrogens (tertiary/aromatic N) is 2. The fourth-order valence-electron chi connectivity index (χ4n) is 4.53. The van der Waals surface area contributed by atoms with E-state index in [-0.39, 0.29) is 11.3 Å². The number of hydrogen-bond acceptors (Lipinski definition) is 4. The monoisotopic (exact) mass is 362 g/mol. The van der Waals surface area contributed by atoms with E-state index >= 15 is 0 Å². The van der Waals surface area contributed by atoms with Crippen molar-refractivity contribution in [1.29, 1.82) is 0 Å². The first-order valence-electron chi connectivity index (χ1n) is 9.71. The average Bonchev–Trinajstić information content (AvgIpc) is 3.15. The molecular weight excluding hydrogens is 332 g/mol. The highest BCUT2D eigenvalue weighted by atomic mass is 32.1. The lowest BCUT2D eigenvalue weighted by Gasteiger charge is -2.42. The van der Waals surface area contributed by atoms with Gasteiger partial charge in [-0.3, -0.25) is 9.69 Å². The molecule has 25 heavy (non-hydrogen) atoms. The van der Waals surface area contributed by atoms with Gasteiger partial charge in [0.05, 0.1) is 6.61 Å². The van der Waals surface area contributed by atoms with Gasteiger partial charge in [-0.15, -0.1) is 0 Å². The Morgan fingerprint density at radius 2 is 2.12 bits per heavy atom. The Hall–Kier alpha value is -0.910. The highest BCUT2D eigenvalue weighted by molar-refractivity contribution is 7.07. The Balaban J connectivity index is 1.36. The minimum Gasteiger partial charge on any atom is -0.381 e. The largest absolute Gasteiger partial charge is 0.381 e. The van der Waals surface area contributed by atoms with Crippen molar-refractivity contribution in [2.24, 2.45) is 17.3 Å². The smallest absolute Gasteiger partial charge is 0.219 e. The molecule has 1 aliphatic carbocycles. The number of hydrogen-bond donors (Lipinski definition) is 0. The van der Waals surface area contributed by atoms with Gasteiger partial charge < -0.3 is 9.64 Å². The van der Waals surface area contributed by atoms with Crippen LogP contribution in [0.4, 0.5) is 0 Å². The summed E-state index contributed by atoms with van der Waals surface area (Å²) in [5.41, 5.74) is 1.71. The number of likely N-dealkylation sites (tertiary alicyclic amines) is 2. The van der Waals surface area contributed by atoms with Gasteiger partial charge in [0.2, 0.25) is 5.91 Å². The molecule has 0 radical (unpaired) electrons. The molecule has 1 amide bonds. The van der Waals surface area contributed by atoms with Crippen LogP contribution in [0.2, 0.25) is 0 Å². The zero-order valence-corrected chi connectivity index (χ0v) is 16.1.